The third-order valence-corrected chi connectivity index (χ3v) is 5.85. The van der Waals surface area contributed by atoms with Gasteiger partial charge in [0.05, 0.1) is 18.5 Å². The molecule has 0 unspecified atom stereocenters. The zero-order valence-electron chi connectivity index (χ0n) is 12.5. The molecule has 1 heterocycles. The van der Waals surface area contributed by atoms with Crippen molar-refractivity contribution in [1.29, 1.82) is 0 Å². The van der Waals surface area contributed by atoms with Gasteiger partial charge in [-0.05, 0) is 30.9 Å². The number of allylic oxidation sites excluding steroid dienone is 2. The second-order valence-electron chi connectivity index (χ2n) is 5.57. The fourth-order valence-electron chi connectivity index (χ4n) is 2.83. The van der Waals surface area contributed by atoms with Crippen LogP contribution in [-0.4, -0.2) is 37.8 Å². The number of ether oxygens (including phenoxy) is 1. The summed E-state index contributed by atoms with van der Waals surface area (Å²) in [6.45, 7) is -0.295. The molecular formula is C16H17NO5S. The number of hydrogen-bond acceptors (Lipinski definition) is 5. The van der Waals surface area contributed by atoms with E-state index in [1.165, 1.54) is 12.1 Å². The van der Waals surface area contributed by atoms with Crippen molar-refractivity contribution in [2.75, 3.05) is 13.2 Å². The van der Waals surface area contributed by atoms with Crippen LogP contribution in [0.5, 0.6) is 0 Å². The highest BCUT2D eigenvalue weighted by atomic mass is 32.2. The van der Waals surface area contributed by atoms with Gasteiger partial charge in [-0.3, -0.25) is 9.59 Å². The number of nitrogens with zero attached hydrogens (tertiary/aromatic N) is 1. The Morgan fingerprint density at radius 3 is 2.78 bits per heavy atom. The zero-order chi connectivity index (χ0) is 16.4. The largest absolute Gasteiger partial charge is 0.464 e. The minimum atomic E-state index is -3.83. The Hall–Kier alpha value is -2.15. The lowest BCUT2D eigenvalue weighted by Gasteiger charge is -2.15. The molecule has 0 fully saturated rings. The summed E-state index contributed by atoms with van der Waals surface area (Å²) in [7, 11) is -3.83. The number of hydrogen-bond donors (Lipinski definition) is 0. The van der Waals surface area contributed by atoms with Crippen molar-refractivity contribution in [1.82, 2.24) is 4.31 Å². The molecule has 0 radical (unpaired) electrons. The van der Waals surface area contributed by atoms with Crippen LogP contribution in [0.4, 0.5) is 0 Å². The number of carbonyl (C=O) groups is 2. The normalized spacial score (nSPS) is 21.5. The molecule has 1 atom stereocenters. The summed E-state index contributed by atoms with van der Waals surface area (Å²) in [5, 5.41) is 0. The number of carbonyl (C=O) groups excluding carboxylic acids is 2. The Morgan fingerprint density at radius 1 is 1.30 bits per heavy atom. The van der Waals surface area contributed by atoms with Gasteiger partial charge in [0.1, 0.15) is 11.5 Å². The SMILES string of the molecule is O=C(C[C@H]1C=CCC1)OCCN1C(=O)c2ccccc2S1(=O)=O. The molecule has 23 heavy (non-hydrogen) atoms. The molecule has 0 aromatic heterocycles. The molecule has 1 aliphatic heterocycles. The van der Waals surface area contributed by atoms with Crippen molar-refractivity contribution >= 4 is 21.9 Å². The molecule has 0 N–H and O–H groups in total. The van der Waals surface area contributed by atoms with Crippen LogP contribution in [0, 0.1) is 5.92 Å². The lowest BCUT2D eigenvalue weighted by Crippen LogP contribution is -2.33. The molecule has 1 aliphatic carbocycles. The van der Waals surface area contributed by atoms with E-state index in [-0.39, 0.29) is 41.9 Å². The second kappa shape index (κ2) is 6.16. The van der Waals surface area contributed by atoms with Crippen LogP contribution < -0.4 is 0 Å². The molecule has 0 bridgehead atoms. The fourth-order valence-corrected chi connectivity index (χ4v) is 4.39. The lowest BCUT2D eigenvalue weighted by molar-refractivity contribution is -0.144. The molecule has 2 aliphatic rings. The summed E-state index contributed by atoms with van der Waals surface area (Å²) in [5.74, 6) is -0.748. The first kappa shape index (κ1) is 15.7. The summed E-state index contributed by atoms with van der Waals surface area (Å²) in [6, 6.07) is 6.07. The van der Waals surface area contributed by atoms with Crippen LogP contribution in [0.3, 0.4) is 0 Å². The Morgan fingerprint density at radius 2 is 2.09 bits per heavy atom. The van der Waals surface area contributed by atoms with Crippen LogP contribution in [0.25, 0.3) is 0 Å². The summed E-state index contributed by atoms with van der Waals surface area (Å²) < 4.78 is 30.4. The van der Waals surface area contributed by atoms with E-state index in [1.54, 1.807) is 12.1 Å². The molecule has 1 amide bonds. The average molecular weight is 335 g/mol. The average Bonchev–Trinajstić information content (AvgIpc) is 3.09. The van der Waals surface area contributed by atoms with Crippen molar-refractivity contribution in [2.45, 2.75) is 24.2 Å². The highest BCUT2D eigenvalue weighted by molar-refractivity contribution is 7.90. The summed E-state index contributed by atoms with van der Waals surface area (Å²) in [6.07, 6.45) is 6.22. The molecule has 0 saturated carbocycles. The van der Waals surface area contributed by atoms with Gasteiger partial charge in [0, 0.05) is 0 Å². The minimum Gasteiger partial charge on any atom is -0.464 e. The van der Waals surface area contributed by atoms with Gasteiger partial charge in [0.25, 0.3) is 15.9 Å². The van der Waals surface area contributed by atoms with Crippen molar-refractivity contribution in [3.8, 4) is 0 Å². The highest BCUT2D eigenvalue weighted by Gasteiger charge is 2.40. The lowest BCUT2D eigenvalue weighted by atomic mass is 10.1. The van der Waals surface area contributed by atoms with Gasteiger partial charge in [0.2, 0.25) is 0 Å². The molecule has 3 rings (SSSR count). The maximum absolute atomic E-state index is 12.3. The Labute approximate surface area is 134 Å². The maximum Gasteiger partial charge on any atom is 0.306 e. The minimum absolute atomic E-state index is 0.00687. The first-order valence-electron chi connectivity index (χ1n) is 7.48. The van der Waals surface area contributed by atoms with E-state index < -0.39 is 15.9 Å². The summed E-state index contributed by atoms with van der Waals surface area (Å²) >= 11 is 0. The predicted octanol–water partition coefficient (Wildman–Crippen LogP) is 1.73. The van der Waals surface area contributed by atoms with Gasteiger partial charge in [-0.1, -0.05) is 24.3 Å². The van der Waals surface area contributed by atoms with E-state index in [9.17, 15) is 18.0 Å². The van der Waals surface area contributed by atoms with Crippen LogP contribution in [0.1, 0.15) is 29.6 Å². The predicted molar refractivity (Wildman–Crippen MR) is 82.1 cm³/mol. The molecule has 1 aromatic rings. The Balaban J connectivity index is 1.58. The quantitative estimate of drug-likeness (QED) is 0.605. The topological polar surface area (TPSA) is 80.8 Å². The van der Waals surface area contributed by atoms with Gasteiger partial charge in [-0.15, -0.1) is 0 Å². The Kier molecular flexibility index (Phi) is 4.21. The van der Waals surface area contributed by atoms with Crippen molar-refractivity contribution in [3.05, 3.63) is 42.0 Å². The number of amides is 1. The Bertz CT molecular complexity index is 768. The van der Waals surface area contributed by atoms with Crippen molar-refractivity contribution in [2.24, 2.45) is 5.92 Å². The molecule has 1 aromatic carbocycles. The van der Waals surface area contributed by atoms with E-state index in [0.717, 1.165) is 17.1 Å². The zero-order valence-corrected chi connectivity index (χ0v) is 13.3. The molecule has 0 saturated heterocycles. The van der Waals surface area contributed by atoms with Crippen LogP contribution in [-0.2, 0) is 19.6 Å². The fraction of sp³-hybridized carbons (Fsp3) is 0.375. The van der Waals surface area contributed by atoms with E-state index in [1.807, 2.05) is 12.2 Å². The monoisotopic (exact) mass is 335 g/mol. The van der Waals surface area contributed by atoms with Gasteiger partial charge in [-0.2, -0.15) is 0 Å². The number of sulfonamides is 1. The number of esters is 1. The maximum atomic E-state index is 12.3. The van der Waals surface area contributed by atoms with Gasteiger partial charge in [0.15, 0.2) is 0 Å². The molecule has 122 valence electrons. The first-order chi connectivity index (χ1) is 11.0. The smallest absolute Gasteiger partial charge is 0.306 e. The van der Waals surface area contributed by atoms with Crippen LogP contribution >= 0.6 is 0 Å². The van der Waals surface area contributed by atoms with E-state index in [4.69, 9.17) is 4.74 Å². The summed E-state index contributed by atoms with van der Waals surface area (Å²) in [5.41, 5.74) is 0.162. The second-order valence-corrected chi connectivity index (χ2v) is 7.40. The van der Waals surface area contributed by atoms with Gasteiger partial charge in [-0.25, -0.2) is 12.7 Å². The summed E-state index contributed by atoms with van der Waals surface area (Å²) in [4.78, 5) is 23.9. The number of benzene rings is 1. The van der Waals surface area contributed by atoms with E-state index in [2.05, 4.69) is 0 Å². The highest BCUT2D eigenvalue weighted by Crippen LogP contribution is 2.29. The molecule has 6 nitrogen and oxygen atoms in total. The third kappa shape index (κ3) is 3.01. The number of fused-ring (bicyclic) bond motifs is 1. The van der Waals surface area contributed by atoms with Gasteiger partial charge < -0.3 is 4.74 Å². The first-order valence-corrected chi connectivity index (χ1v) is 8.92. The van der Waals surface area contributed by atoms with E-state index >= 15 is 0 Å². The molecule has 7 heteroatoms. The molecule has 0 spiro atoms. The molecular weight excluding hydrogens is 318 g/mol. The van der Waals surface area contributed by atoms with E-state index in [0.29, 0.717) is 0 Å². The van der Waals surface area contributed by atoms with Crippen LogP contribution in [0.2, 0.25) is 0 Å². The van der Waals surface area contributed by atoms with Crippen molar-refractivity contribution in [3.63, 3.8) is 0 Å². The standard InChI is InChI=1S/C16H17NO5S/c18-15(11-12-5-1-2-6-12)22-10-9-17-16(19)13-7-3-4-8-14(13)23(17,20)21/h1,3-5,7-8,12H,2,6,9-11H2/t12-/m0/s1. The van der Waals surface area contributed by atoms with Gasteiger partial charge >= 0.3 is 5.97 Å². The van der Waals surface area contributed by atoms with Crippen LogP contribution in [0.15, 0.2) is 41.3 Å². The van der Waals surface area contributed by atoms with Crippen molar-refractivity contribution < 1.29 is 22.7 Å². The third-order valence-electron chi connectivity index (χ3n) is 4.01. The number of rotatable bonds is 5.